The minimum absolute atomic E-state index is 0.660. The Morgan fingerprint density at radius 2 is 1.50 bits per heavy atom. The minimum Gasteiger partial charge on any atom is -0.106 e. The molecule has 0 atom stereocenters. The summed E-state index contributed by atoms with van der Waals surface area (Å²) in [4.78, 5) is 0. The lowest BCUT2D eigenvalue weighted by Gasteiger charge is -2.11. The Labute approximate surface area is 115 Å². The summed E-state index contributed by atoms with van der Waals surface area (Å²) >= 11 is 0. The maximum absolute atomic E-state index is 3.00. The first kappa shape index (κ1) is 19.3. The van der Waals surface area contributed by atoms with Crippen molar-refractivity contribution in [2.75, 3.05) is 0 Å². The fourth-order valence-corrected chi connectivity index (χ4v) is 1.69. The zero-order chi connectivity index (χ0) is 14.4. The molecular formula is C18H32. The van der Waals surface area contributed by atoms with Crippen LogP contribution in [0.4, 0.5) is 0 Å². The van der Waals surface area contributed by atoms with Gasteiger partial charge in [0.2, 0.25) is 0 Å². The molecule has 0 saturated heterocycles. The predicted octanol–water partition coefficient (Wildman–Crippen LogP) is 6.37. The van der Waals surface area contributed by atoms with Crippen LogP contribution >= 0.6 is 0 Å². The molecule has 0 spiro atoms. The molecule has 0 fully saturated rings. The van der Waals surface area contributed by atoms with Crippen LogP contribution in [0.3, 0.4) is 0 Å². The van der Waals surface area contributed by atoms with Gasteiger partial charge in [0.05, 0.1) is 0 Å². The summed E-state index contributed by atoms with van der Waals surface area (Å²) in [6, 6.07) is 8.82. The number of rotatable bonds is 4. The Kier molecular flexibility index (Phi) is 15.0. The first-order valence-electron chi connectivity index (χ1n) is 7.25. The second kappa shape index (κ2) is 14.0. The van der Waals surface area contributed by atoms with Crippen LogP contribution in [-0.2, 0) is 6.42 Å². The third-order valence-electron chi connectivity index (χ3n) is 2.48. The van der Waals surface area contributed by atoms with Gasteiger partial charge < -0.3 is 0 Å². The molecule has 0 saturated carbocycles. The fourth-order valence-electron chi connectivity index (χ4n) is 1.69. The number of unbranched alkanes of at least 4 members (excludes halogenated alkanes) is 1. The van der Waals surface area contributed by atoms with E-state index < -0.39 is 0 Å². The van der Waals surface area contributed by atoms with E-state index in [2.05, 4.69) is 72.0 Å². The highest BCUT2D eigenvalue weighted by atomic mass is 14.1. The minimum atomic E-state index is 0.660. The van der Waals surface area contributed by atoms with Gasteiger partial charge in [-0.15, -0.1) is 13.2 Å². The standard InChI is InChI=1S/C13H20.C3H8.C2H4/c1-4-5-8-12-9-6-7-10-13(12)11(2)3;1-3-2;1-2/h6-7,9-11H,4-5,8H2,1-3H3;3H2,1-2H3;1-2H2. The van der Waals surface area contributed by atoms with Crippen molar-refractivity contribution in [2.24, 2.45) is 0 Å². The average molecular weight is 248 g/mol. The van der Waals surface area contributed by atoms with E-state index in [1.54, 1.807) is 5.56 Å². The van der Waals surface area contributed by atoms with Crippen molar-refractivity contribution in [3.63, 3.8) is 0 Å². The molecule has 18 heavy (non-hydrogen) atoms. The maximum atomic E-state index is 3.00. The first-order valence-corrected chi connectivity index (χ1v) is 7.25. The van der Waals surface area contributed by atoms with Gasteiger partial charge in [0.1, 0.15) is 0 Å². The van der Waals surface area contributed by atoms with E-state index in [1.165, 1.54) is 31.2 Å². The number of hydrogen-bond acceptors (Lipinski definition) is 0. The molecule has 1 rings (SSSR count). The van der Waals surface area contributed by atoms with Crippen molar-refractivity contribution in [1.82, 2.24) is 0 Å². The van der Waals surface area contributed by atoms with Gasteiger partial charge in [-0.1, -0.05) is 71.7 Å². The van der Waals surface area contributed by atoms with E-state index in [0.717, 1.165) is 0 Å². The molecule has 104 valence electrons. The summed E-state index contributed by atoms with van der Waals surface area (Å²) in [6.45, 7) is 17.0. The van der Waals surface area contributed by atoms with Crippen molar-refractivity contribution >= 4 is 0 Å². The lowest BCUT2D eigenvalue weighted by Crippen LogP contribution is -1.95. The second-order valence-electron chi connectivity index (χ2n) is 4.66. The van der Waals surface area contributed by atoms with Gasteiger partial charge >= 0.3 is 0 Å². The summed E-state index contributed by atoms with van der Waals surface area (Å²) in [6.07, 6.45) is 5.08. The third-order valence-corrected chi connectivity index (χ3v) is 2.48. The summed E-state index contributed by atoms with van der Waals surface area (Å²) in [7, 11) is 0. The molecule has 0 nitrogen and oxygen atoms in total. The molecule has 0 bridgehead atoms. The zero-order valence-electron chi connectivity index (χ0n) is 13.1. The summed E-state index contributed by atoms with van der Waals surface area (Å²) in [5.41, 5.74) is 3.07. The Balaban J connectivity index is 0. The number of hydrogen-bond donors (Lipinski definition) is 0. The van der Waals surface area contributed by atoms with Crippen LogP contribution in [0.5, 0.6) is 0 Å². The lowest BCUT2D eigenvalue weighted by molar-refractivity contribution is 0.767. The van der Waals surface area contributed by atoms with Crippen LogP contribution in [0.2, 0.25) is 0 Å². The molecule has 0 amide bonds. The van der Waals surface area contributed by atoms with Gasteiger partial charge in [0, 0.05) is 0 Å². The first-order chi connectivity index (χ1) is 8.67. The van der Waals surface area contributed by atoms with Crippen molar-refractivity contribution < 1.29 is 0 Å². The van der Waals surface area contributed by atoms with Gasteiger partial charge in [-0.2, -0.15) is 0 Å². The highest BCUT2D eigenvalue weighted by molar-refractivity contribution is 5.29. The van der Waals surface area contributed by atoms with E-state index >= 15 is 0 Å². The molecule has 0 aromatic heterocycles. The second-order valence-corrected chi connectivity index (χ2v) is 4.66. The molecule has 0 heterocycles. The Hall–Kier alpha value is -1.04. The molecule has 0 aliphatic carbocycles. The zero-order valence-corrected chi connectivity index (χ0v) is 13.1. The van der Waals surface area contributed by atoms with Crippen molar-refractivity contribution in [2.45, 2.75) is 66.2 Å². The van der Waals surface area contributed by atoms with Gasteiger partial charge in [0.25, 0.3) is 0 Å². The SMILES string of the molecule is C=C.CCC.CCCCc1ccccc1C(C)C. The molecule has 0 unspecified atom stereocenters. The van der Waals surface area contributed by atoms with Gasteiger partial charge in [-0.05, 0) is 29.9 Å². The van der Waals surface area contributed by atoms with Crippen LogP contribution in [0.15, 0.2) is 37.4 Å². The molecule has 0 radical (unpaired) electrons. The lowest BCUT2D eigenvalue weighted by atomic mass is 9.94. The van der Waals surface area contributed by atoms with Crippen molar-refractivity contribution in [3.05, 3.63) is 48.6 Å². The molecule has 0 aliphatic heterocycles. The van der Waals surface area contributed by atoms with Gasteiger partial charge in [-0.3, -0.25) is 0 Å². The third kappa shape index (κ3) is 9.04. The van der Waals surface area contributed by atoms with Crippen molar-refractivity contribution in [3.8, 4) is 0 Å². The van der Waals surface area contributed by atoms with E-state index in [0.29, 0.717) is 5.92 Å². The van der Waals surface area contributed by atoms with E-state index in [4.69, 9.17) is 0 Å². The topological polar surface area (TPSA) is 0 Å². The Morgan fingerprint density at radius 1 is 1.00 bits per heavy atom. The summed E-state index contributed by atoms with van der Waals surface area (Å²) in [5, 5.41) is 0. The molecule has 0 N–H and O–H groups in total. The fraction of sp³-hybridized carbons (Fsp3) is 0.556. The van der Waals surface area contributed by atoms with Gasteiger partial charge in [-0.25, -0.2) is 0 Å². The monoisotopic (exact) mass is 248 g/mol. The molecule has 1 aromatic carbocycles. The quantitative estimate of drug-likeness (QED) is 0.543. The van der Waals surface area contributed by atoms with E-state index in [9.17, 15) is 0 Å². The summed E-state index contributed by atoms with van der Waals surface area (Å²) < 4.78 is 0. The van der Waals surface area contributed by atoms with E-state index in [-0.39, 0.29) is 0 Å². The molecule has 1 aromatic rings. The average Bonchev–Trinajstić information content (AvgIpc) is 2.40. The number of benzene rings is 1. The van der Waals surface area contributed by atoms with E-state index in [1.807, 2.05) is 0 Å². The number of aryl methyl sites for hydroxylation is 1. The molecular weight excluding hydrogens is 216 g/mol. The smallest absolute Gasteiger partial charge is 0.0216 e. The Morgan fingerprint density at radius 3 is 1.94 bits per heavy atom. The van der Waals surface area contributed by atoms with Crippen LogP contribution < -0.4 is 0 Å². The van der Waals surface area contributed by atoms with Crippen LogP contribution in [0, 0.1) is 0 Å². The molecule has 0 heteroatoms. The van der Waals surface area contributed by atoms with Crippen LogP contribution in [0.25, 0.3) is 0 Å². The van der Waals surface area contributed by atoms with Crippen molar-refractivity contribution in [1.29, 1.82) is 0 Å². The van der Waals surface area contributed by atoms with Gasteiger partial charge in [0.15, 0.2) is 0 Å². The van der Waals surface area contributed by atoms with Crippen LogP contribution in [-0.4, -0.2) is 0 Å². The summed E-state index contributed by atoms with van der Waals surface area (Å²) in [5.74, 6) is 0.660. The normalized spacial score (nSPS) is 9.00. The predicted molar refractivity (Wildman–Crippen MR) is 86.4 cm³/mol. The highest BCUT2D eigenvalue weighted by Crippen LogP contribution is 2.20. The highest BCUT2D eigenvalue weighted by Gasteiger charge is 2.04. The largest absolute Gasteiger partial charge is 0.106 e. The van der Waals surface area contributed by atoms with Crippen LogP contribution in [0.1, 0.15) is 70.9 Å². The Bertz CT molecular complexity index is 273. The maximum Gasteiger partial charge on any atom is -0.0216 e. The molecule has 0 aliphatic rings.